The van der Waals surface area contributed by atoms with Crippen LogP contribution in [0.5, 0.6) is 0 Å². The van der Waals surface area contributed by atoms with Gasteiger partial charge in [0.25, 0.3) is 11.7 Å². The number of alkyl halides is 8. The summed E-state index contributed by atoms with van der Waals surface area (Å²) >= 11 is 33.0. The minimum Gasteiger partial charge on any atom is -0.293 e. The SMILES string of the molecule is CC(C1(F)OC(C(F)(F)F)(C(F)(F)F)OC1(F)C(C)[Si](Cl)(Cl)Cl)[Si](Cl)(Cl)Cl. The van der Waals surface area contributed by atoms with Crippen molar-refractivity contribution in [3.05, 3.63) is 0 Å². The third-order valence-electron chi connectivity index (χ3n) is 3.89. The molecule has 1 saturated heterocycles. The van der Waals surface area contributed by atoms with Gasteiger partial charge in [0.2, 0.25) is 0 Å². The number of rotatable bonds is 4. The van der Waals surface area contributed by atoms with Crippen LogP contribution in [0.3, 0.4) is 0 Å². The maximum Gasteiger partial charge on any atom is 0.453 e. The highest BCUT2D eigenvalue weighted by Gasteiger charge is 2.89. The van der Waals surface area contributed by atoms with Gasteiger partial charge in [0.15, 0.2) is 0 Å². The average molecular weight is 569 g/mol. The summed E-state index contributed by atoms with van der Waals surface area (Å²) in [5, 5.41) is 0. The first-order valence-corrected chi connectivity index (χ1v) is 16.7. The van der Waals surface area contributed by atoms with Crippen LogP contribution in [0.2, 0.25) is 11.1 Å². The second-order valence-corrected chi connectivity index (χ2v) is 23.7. The van der Waals surface area contributed by atoms with Crippen LogP contribution in [0.25, 0.3) is 0 Å². The molecule has 0 aliphatic carbocycles. The third-order valence-corrected chi connectivity index (χ3v) is 12.5. The van der Waals surface area contributed by atoms with Crippen molar-refractivity contribution in [2.75, 3.05) is 0 Å². The zero-order chi connectivity index (χ0) is 22.1. The molecule has 1 aliphatic heterocycles. The molecular formula is C9H8Cl6F8O2Si2. The topological polar surface area (TPSA) is 18.5 Å². The predicted octanol–water partition coefficient (Wildman–Crippen LogP) is 7.28. The Balaban J connectivity index is 3.83. The van der Waals surface area contributed by atoms with Crippen molar-refractivity contribution in [3.63, 3.8) is 0 Å². The highest BCUT2D eigenvalue weighted by molar-refractivity contribution is 7.65. The fraction of sp³-hybridized carbons (Fsp3) is 1.00. The van der Waals surface area contributed by atoms with Crippen LogP contribution in [0, 0.1) is 0 Å². The van der Waals surface area contributed by atoms with Gasteiger partial charge in [-0.1, -0.05) is 13.8 Å². The van der Waals surface area contributed by atoms with Crippen LogP contribution in [-0.4, -0.2) is 41.9 Å². The Morgan fingerprint density at radius 3 is 1.04 bits per heavy atom. The van der Waals surface area contributed by atoms with Crippen LogP contribution in [0.15, 0.2) is 0 Å². The summed E-state index contributed by atoms with van der Waals surface area (Å²) in [6.45, 7) is 1.10. The fourth-order valence-electron chi connectivity index (χ4n) is 2.16. The highest BCUT2D eigenvalue weighted by Crippen LogP contribution is 2.68. The van der Waals surface area contributed by atoms with E-state index in [0.29, 0.717) is 13.8 Å². The van der Waals surface area contributed by atoms with Crippen LogP contribution >= 0.6 is 66.5 Å². The van der Waals surface area contributed by atoms with Crippen molar-refractivity contribution >= 4 is 78.5 Å². The summed E-state index contributed by atoms with van der Waals surface area (Å²) in [4.78, 5) is 0. The predicted molar refractivity (Wildman–Crippen MR) is 90.2 cm³/mol. The van der Waals surface area contributed by atoms with E-state index in [1.165, 1.54) is 0 Å². The van der Waals surface area contributed by atoms with Gasteiger partial charge in [-0.3, -0.25) is 9.47 Å². The molecule has 0 aromatic rings. The van der Waals surface area contributed by atoms with Gasteiger partial charge in [-0.15, -0.1) is 66.5 Å². The lowest BCUT2D eigenvalue weighted by Gasteiger charge is -2.40. The van der Waals surface area contributed by atoms with Crippen LogP contribution in [0.4, 0.5) is 35.1 Å². The number of hydrogen-bond acceptors (Lipinski definition) is 2. The quantitative estimate of drug-likeness (QED) is 0.202. The van der Waals surface area contributed by atoms with Gasteiger partial charge in [0.05, 0.1) is 11.1 Å². The smallest absolute Gasteiger partial charge is 0.293 e. The Labute approximate surface area is 177 Å². The molecule has 1 heterocycles. The Bertz CT molecular complexity index is 531. The van der Waals surface area contributed by atoms with E-state index >= 15 is 8.78 Å². The maximum atomic E-state index is 15.5. The van der Waals surface area contributed by atoms with E-state index in [0.717, 1.165) is 0 Å². The molecule has 27 heavy (non-hydrogen) atoms. The van der Waals surface area contributed by atoms with Gasteiger partial charge in [0.1, 0.15) is 0 Å². The van der Waals surface area contributed by atoms with E-state index in [2.05, 4.69) is 9.47 Å². The largest absolute Gasteiger partial charge is 0.453 e. The molecule has 0 amide bonds. The van der Waals surface area contributed by atoms with E-state index in [1.807, 2.05) is 0 Å². The second kappa shape index (κ2) is 7.30. The van der Waals surface area contributed by atoms with Crippen molar-refractivity contribution in [1.29, 1.82) is 0 Å². The lowest BCUT2D eigenvalue weighted by molar-refractivity contribution is -0.459. The minimum atomic E-state index is -6.49. The van der Waals surface area contributed by atoms with Crippen molar-refractivity contribution < 1.29 is 44.6 Å². The minimum absolute atomic E-state index is 0.548. The van der Waals surface area contributed by atoms with Gasteiger partial charge < -0.3 is 0 Å². The summed E-state index contributed by atoms with van der Waals surface area (Å²) in [5.74, 6) is -14.8. The van der Waals surface area contributed by atoms with E-state index in [9.17, 15) is 26.3 Å². The number of halogens is 14. The molecule has 1 rings (SSSR count). The molecule has 0 aromatic carbocycles. The summed E-state index contributed by atoms with van der Waals surface area (Å²) in [7, 11) is 0. The van der Waals surface area contributed by atoms with Gasteiger partial charge in [-0.25, -0.2) is 8.78 Å². The number of hydrogen-bond donors (Lipinski definition) is 0. The first kappa shape index (κ1) is 26.6. The standard InChI is InChI=1S/C9H8Cl6F8O2Si2/c1-3(26(10,11)12)5(16)6(17,4(2)27(13,14)15)25-7(24-5,8(18,19)20)9(21,22)23/h3-4H,1-2H3. The molecule has 1 fully saturated rings. The second-order valence-electron chi connectivity index (χ2n) is 5.63. The number of ether oxygens (including phenoxy) is 2. The molecule has 4 unspecified atom stereocenters. The molecule has 1 aliphatic rings. The van der Waals surface area contributed by atoms with E-state index < -0.39 is 52.9 Å². The molecule has 0 radical (unpaired) electrons. The highest BCUT2D eigenvalue weighted by atomic mass is 35.8. The van der Waals surface area contributed by atoms with E-state index in [-0.39, 0.29) is 0 Å². The van der Waals surface area contributed by atoms with Crippen molar-refractivity contribution in [2.45, 2.75) is 54.8 Å². The first-order valence-electron chi connectivity index (χ1n) is 6.52. The zero-order valence-electron chi connectivity index (χ0n) is 12.8. The van der Waals surface area contributed by atoms with Crippen LogP contribution in [-0.2, 0) is 9.47 Å². The monoisotopic (exact) mass is 566 g/mol. The Morgan fingerprint density at radius 2 is 0.889 bits per heavy atom. The van der Waals surface area contributed by atoms with Crippen LogP contribution in [0.1, 0.15) is 13.8 Å². The molecular weight excluding hydrogens is 561 g/mol. The summed E-state index contributed by atoms with van der Waals surface area (Å²) < 4.78 is 118. The molecule has 0 N–H and O–H groups in total. The van der Waals surface area contributed by atoms with Crippen molar-refractivity contribution in [2.24, 2.45) is 0 Å². The van der Waals surface area contributed by atoms with E-state index in [4.69, 9.17) is 66.5 Å². The third kappa shape index (κ3) is 4.31. The van der Waals surface area contributed by atoms with Gasteiger partial charge in [0, 0.05) is 0 Å². The molecule has 0 spiro atoms. The lowest BCUT2D eigenvalue weighted by Crippen LogP contribution is -2.59. The first-order chi connectivity index (χ1) is 11.5. The lowest BCUT2D eigenvalue weighted by atomic mass is 10.0. The van der Waals surface area contributed by atoms with Gasteiger partial charge in [-0.05, 0) is 0 Å². The van der Waals surface area contributed by atoms with E-state index in [1.54, 1.807) is 0 Å². The van der Waals surface area contributed by atoms with Gasteiger partial charge in [-0.2, -0.15) is 26.3 Å². The molecule has 0 bridgehead atoms. The molecule has 0 saturated carbocycles. The normalized spacial score (nSPS) is 32.4. The van der Waals surface area contributed by atoms with Gasteiger partial charge >= 0.3 is 30.1 Å². The van der Waals surface area contributed by atoms with Crippen LogP contribution < -0.4 is 0 Å². The molecule has 2 nitrogen and oxygen atoms in total. The summed E-state index contributed by atoms with van der Waals surface area (Å²) in [5.41, 5.74) is -4.87. The Hall–Kier alpha value is 1.53. The summed E-state index contributed by atoms with van der Waals surface area (Å²) in [6, 6.07) is -9.05. The fourth-order valence-corrected chi connectivity index (χ4v) is 6.04. The maximum absolute atomic E-state index is 15.5. The van der Waals surface area contributed by atoms with Crippen molar-refractivity contribution in [1.82, 2.24) is 0 Å². The summed E-state index contributed by atoms with van der Waals surface area (Å²) in [6.07, 6.45) is -13.0. The molecule has 162 valence electrons. The average Bonchev–Trinajstić information content (AvgIpc) is 2.66. The molecule has 4 atom stereocenters. The molecule has 18 heteroatoms. The zero-order valence-corrected chi connectivity index (χ0v) is 19.3. The Kier molecular flexibility index (Phi) is 7.18. The Morgan fingerprint density at radius 1 is 0.667 bits per heavy atom. The van der Waals surface area contributed by atoms with Crippen molar-refractivity contribution in [3.8, 4) is 0 Å². The molecule has 0 aromatic heterocycles.